The first-order valence-electron chi connectivity index (χ1n) is 9.31. The Bertz CT molecular complexity index is 697. The molecule has 1 aromatic rings. The Morgan fingerprint density at radius 3 is 2.88 bits per heavy atom. The number of nitrogens with zero attached hydrogens (tertiary/aromatic N) is 1. The molecule has 0 aliphatic carbocycles. The highest BCUT2D eigenvalue weighted by Crippen LogP contribution is 2.33. The molecular formula is C21H28N2O2S. The Kier molecular flexibility index (Phi) is 8.10. The lowest BCUT2D eigenvalue weighted by atomic mass is 9.94. The minimum absolute atomic E-state index is 0.0980. The molecule has 1 unspecified atom stereocenters. The number of allylic oxidation sites excluding steroid dienone is 1. The molecule has 26 heavy (non-hydrogen) atoms. The van der Waals surface area contributed by atoms with Crippen molar-refractivity contribution in [2.75, 3.05) is 5.75 Å². The second kappa shape index (κ2) is 10.3. The summed E-state index contributed by atoms with van der Waals surface area (Å²) in [5.74, 6) is 0.712. The molecular weight excluding hydrogens is 344 g/mol. The van der Waals surface area contributed by atoms with E-state index in [-0.39, 0.29) is 11.7 Å². The highest BCUT2D eigenvalue weighted by molar-refractivity contribution is 7.99. The van der Waals surface area contributed by atoms with E-state index in [4.69, 9.17) is 0 Å². The van der Waals surface area contributed by atoms with Gasteiger partial charge in [-0.2, -0.15) is 0 Å². The van der Waals surface area contributed by atoms with Crippen LogP contribution in [0, 0.1) is 0 Å². The van der Waals surface area contributed by atoms with Crippen molar-refractivity contribution < 1.29 is 9.59 Å². The van der Waals surface area contributed by atoms with Crippen molar-refractivity contribution in [2.45, 2.75) is 63.3 Å². The number of ketones is 1. The smallest absolute Gasteiger partial charge is 0.270 e. The molecule has 0 fully saturated rings. The first kappa shape index (κ1) is 20.4. The van der Waals surface area contributed by atoms with Crippen LogP contribution in [-0.4, -0.2) is 29.7 Å². The molecule has 5 heteroatoms. The van der Waals surface area contributed by atoms with Crippen LogP contribution in [0.2, 0.25) is 0 Å². The van der Waals surface area contributed by atoms with E-state index in [2.05, 4.69) is 36.3 Å². The van der Waals surface area contributed by atoms with Crippen molar-refractivity contribution in [2.24, 2.45) is 4.99 Å². The zero-order valence-corrected chi connectivity index (χ0v) is 16.6. The minimum Gasteiger partial charge on any atom is -0.340 e. The Labute approximate surface area is 160 Å². The number of hydrogen-bond acceptors (Lipinski definition) is 4. The van der Waals surface area contributed by atoms with Gasteiger partial charge in [-0.1, -0.05) is 44.5 Å². The molecule has 0 spiro atoms. The van der Waals surface area contributed by atoms with Gasteiger partial charge in [0.05, 0.1) is 6.04 Å². The summed E-state index contributed by atoms with van der Waals surface area (Å²) < 4.78 is 0. The van der Waals surface area contributed by atoms with Gasteiger partial charge in [-0.15, -0.1) is 11.8 Å². The van der Waals surface area contributed by atoms with Crippen LogP contribution in [0.1, 0.15) is 57.9 Å². The first-order valence-corrected chi connectivity index (χ1v) is 10.3. The van der Waals surface area contributed by atoms with Gasteiger partial charge in [0.25, 0.3) is 5.91 Å². The number of benzene rings is 1. The molecule has 0 radical (unpaired) electrons. The van der Waals surface area contributed by atoms with E-state index in [1.165, 1.54) is 10.5 Å². The molecule has 1 aliphatic rings. The van der Waals surface area contributed by atoms with E-state index in [9.17, 15) is 9.59 Å². The lowest BCUT2D eigenvalue weighted by molar-refractivity contribution is -0.125. The van der Waals surface area contributed by atoms with Gasteiger partial charge in [-0.05, 0) is 37.3 Å². The number of amides is 1. The van der Waals surface area contributed by atoms with E-state index in [1.807, 2.05) is 18.2 Å². The van der Waals surface area contributed by atoms with Crippen LogP contribution in [0.3, 0.4) is 0 Å². The molecule has 1 aromatic carbocycles. The predicted octanol–water partition coefficient (Wildman–Crippen LogP) is 4.50. The summed E-state index contributed by atoms with van der Waals surface area (Å²) >= 11 is 1.64. The van der Waals surface area contributed by atoms with Crippen molar-refractivity contribution in [3.05, 3.63) is 41.6 Å². The Morgan fingerprint density at radius 2 is 2.15 bits per heavy atom. The minimum atomic E-state index is -0.483. The van der Waals surface area contributed by atoms with Crippen LogP contribution in [0.4, 0.5) is 0 Å². The van der Waals surface area contributed by atoms with Gasteiger partial charge in [0.1, 0.15) is 5.70 Å². The van der Waals surface area contributed by atoms with Gasteiger partial charge in [0.2, 0.25) is 0 Å². The zero-order valence-electron chi connectivity index (χ0n) is 15.8. The summed E-state index contributed by atoms with van der Waals surface area (Å²) in [6.45, 7) is 6.00. The van der Waals surface area contributed by atoms with E-state index in [0.29, 0.717) is 23.8 Å². The summed E-state index contributed by atoms with van der Waals surface area (Å²) in [6.07, 6.45) is 6.46. The lowest BCUT2D eigenvalue weighted by Crippen LogP contribution is -2.43. The van der Waals surface area contributed by atoms with Crippen LogP contribution in [0.5, 0.6) is 0 Å². The summed E-state index contributed by atoms with van der Waals surface area (Å²) in [6, 6.07) is 7.82. The maximum atomic E-state index is 12.7. The number of carbonyl (C=O) groups is 2. The Balaban J connectivity index is 2.15. The number of fused-ring (bicyclic) bond motifs is 1. The van der Waals surface area contributed by atoms with Gasteiger partial charge in [-0.25, -0.2) is 0 Å². The number of Topliss-reactive ketones (excluding diaryl/α,β-unsaturated/α-hetero) is 1. The average Bonchev–Trinajstić information content (AvgIpc) is 2.70. The molecule has 140 valence electrons. The molecule has 2 rings (SSSR count). The number of unbranched alkanes of at least 4 members (excludes halogenated alkanes) is 1. The molecule has 1 aliphatic heterocycles. The molecule has 0 bridgehead atoms. The number of nitrogens with one attached hydrogen (secondary N) is 1. The highest BCUT2D eigenvalue weighted by atomic mass is 32.2. The normalized spacial score (nSPS) is 21.7. The molecule has 4 nitrogen and oxygen atoms in total. The SMILES string of the molecule is CC=N/C(=C/CCC)C(=O)N[C@H]1CSc2ccccc2C(C)CCC1=O. The fourth-order valence-corrected chi connectivity index (χ4v) is 4.18. The maximum Gasteiger partial charge on any atom is 0.270 e. The molecule has 1 amide bonds. The van der Waals surface area contributed by atoms with E-state index < -0.39 is 6.04 Å². The van der Waals surface area contributed by atoms with Crippen LogP contribution in [-0.2, 0) is 9.59 Å². The van der Waals surface area contributed by atoms with Crippen LogP contribution < -0.4 is 5.32 Å². The quantitative estimate of drug-likeness (QED) is 0.611. The Morgan fingerprint density at radius 1 is 1.38 bits per heavy atom. The summed E-state index contributed by atoms with van der Waals surface area (Å²) in [4.78, 5) is 30.6. The average molecular weight is 373 g/mol. The van der Waals surface area contributed by atoms with Crippen LogP contribution in [0.15, 0.2) is 45.9 Å². The fraction of sp³-hybridized carbons (Fsp3) is 0.476. The van der Waals surface area contributed by atoms with E-state index in [1.54, 1.807) is 24.9 Å². The van der Waals surface area contributed by atoms with Crippen molar-refractivity contribution in [3.8, 4) is 0 Å². The van der Waals surface area contributed by atoms with Gasteiger partial charge in [0.15, 0.2) is 5.78 Å². The Hall–Kier alpha value is -1.88. The second-order valence-corrected chi connectivity index (χ2v) is 7.61. The molecule has 0 aromatic heterocycles. The van der Waals surface area contributed by atoms with Gasteiger partial charge in [0, 0.05) is 23.3 Å². The van der Waals surface area contributed by atoms with Crippen molar-refractivity contribution in [1.82, 2.24) is 5.32 Å². The third kappa shape index (κ3) is 5.56. The summed E-state index contributed by atoms with van der Waals surface area (Å²) in [7, 11) is 0. The summed E-state index contributed by atoms with van der Waals surface area (Å²) in [5, 5.41) is 2.91. The maximum absolute atomic E-state index is 12.7. The van der Waals surface area contributed by atoms with Gasteiger partial charge < -0.3 is 5.32 Å². The fourth-order valence-electron chi connectivity index (χ4n) is 2.95. The van der Waals surface area contributed by atoms with Gasteiger partial charge in [-0.3, -0.25) is 14.6 Å². The molecule has 0 saturated heterocycles. The molecule has 1 N–H and O–H groups in total. The first-order chi connectivity index (χ1) is 12.6. The number of hydrogen-bond donors (Lipinski definition) is 1. The molecule has 0 saturated carbocycles. The molecule has 2 atom stereocenters. The number of thioether (sulfide) groups is 1. The number of aliphatic imine (C=N–C) groups is 1. The predicted molar refractivity (Wildman–Crippen MR) is 109 cm³/mol. The van der Waals surface area contributed by atoms with Crippen molar-refractivity contribution in [1.29, 1.82) is 0 Å². The lowest BCUT2D eigenvalue weighted by Gasteiger charge is -2.17. The number of rotatable bonds is 5. The van der Waals surface area contributed by atoms with Gasteiger partial charge >= 0.3 is 0 Å². The summed E-state index contributed by atoms with van der Waals surface area (Å²) in [5.41, 5.74) is 1.68. The van der Waals surface area contributed by atoms with E-state index >= 15 is 0 Å². The van der Waals surface area contributed by atoms with Crippen LogP contribution >= 0.6 is 11.8 Å². The standard InChI is InChI=1S/C21H28N2O2S/c1-4-6-10-17(22-5-2)21(25)23-18-14-26-20-11-8-7-9-16(20)15(3)12-13-19(18)24/h5,7-11,15,18H,4,6,12-14H2,1-3H3,(H,23,25)/b17-10+,22-5?/t15?,18-/m0/s1. The van der Waals surface area contributed by atoms with Crippen molar-refractivity contribution in [3.63, 3.8) is 0 Å². The topological polar surface area (TPSA) is 58.5 Å². The van der Waals surface area contributed by atoms with E-state index in [0.717, 1.165) is 19.3 Å². The second-order valence-electron chi connectivity index (χ2n) is 6.55. The molecule has 1 heterocycles. The largest absolute Gasteiger partial charge is 0.340 e. The zero-order chi connectivity index (χ0) is 18.9. The third-order valence-electron chi connectivity index (χ3n) is 4.50. The van der Waals surface area contributed by atoms with Crippen molar-refractivity contribution >= 4 is 29.7 Å². The highest BCUT2D eigenvalue weighted by Gasteiger charge is 2.25. The third-order valence-corrected chi connectivity index (χ3v) is 5.68. The monoisotopic (exact) mass is 372 g/mol. The number of carbonyl (C=O) groups excluding carboxylic acids is 2. The van der Waals surface area contributed by atoms with Crippen LogP contribution in [0.25, 0.3) is 0 Å².